The maximum Gasteiger partial charge on any atom is 0.195 e. The molecule has 1 aliphatic heterocycles. The lowest BCUT2D eigenvalue weighted by Crippen LogP contribution is -2.40. The Hall–Kier alpha value is -0.740. The molecule has 0 aromatic carbocycles. The Balaban J connectivity index is 1.95. The van der Waals surface area contributed by atoms with Gasteiger partial charge in [0.05, 0.1) is 0 Å². The molecule has 94 valence electrons. The molecule has 0 spiro atoms. The first-order chi connectivity index (χ1) is 8.16. The summed E-state index contributed by atoms with van der Waals surface area (Å²) < 4.78 is 0. The van der Waals surface area contributed by atoms with E-state index in [1.165, 1.54) is 11.3 Å². The van der Waals surface area contributed by atoms with Gasteiger partial charge in [0, 0.05) is 30.6 Å². The van der Waals surface area contributed by atoms with Gasteiger partial charge in [-0.1, -0.05) is 13.8 Å². The second-order valence-corrected chi connectivity index (χ2v) is 6.09. The van der Waals surface area contributed by atoms with E-state index in [2.05, 4.69) is 23.7 Å². The second-order valence-electron chi connectivity index (χ2n) is 5.19. The molecule has 2 heterocycles. The Kier molecular flexibility index (Phi) is 4.29. The first-order valence-corrected chi connectivity index (χ1v) is 7.21. The molecule has 0 unspecified atom stereocenters. The zero-order chi connectivity index (χ0) is 12.3. The van der Waals surface area contributed by atoms with Crippen molar-refractivity contribution in [2.45, 2.75) is 26.7 Å². The topological polar surface area (TPSA) is 33.2 Å². The van der Waals surface area contributed by atoms with E-state index in [1.54, 1.807) is 6.20 Å². The summed E-state index contributed by atoms with van der Waals surface area (Å²) in [5, 5.41) is 2.56. The summed E-state index contributed by atoms with van der Waals surface area (Å²) in [7, 11) is 0. The fraction of sp³-hybridized carbons (Fsp3) is 0.692. The number of thiazole rings is 1. The van der Waals surface area contributed by atoms with Crippen LogP contribution in [0.5, 0.6) is 0 Å². The molecular formula is C13H20N2OS. The van der Waals surface area contributed by atoms with Crippen LogP contribution in [0.2, 0.25) is 0 Å². The fourth-order valence-corrected chi connectivity index (χ4v) is 3.13. The van der Waals surface area contributed by atoms with Crippen LogP contribution < -0.4 is 0 Å². The summed E-state index contributed by atoms with van der Waals surface area (Å²) in [6, 6.07) is 0. The van der Waals surface area contributed by atoms with E-state index in [-0.39, 0.29) is 11.7 Å². The lowest BCUT2D eigenvalue weighted by Gasteiger charge is -2.32. The second kappa shape index (κ2) is 5.74. The summed E-state index contributed by atoms with van der Waals surface area (Å²) >= 11 is 1.46. The van der Waals surface area contributed by atoms with Crippen LogP contribution >= 0.6 is 11.3 Å². The first kappa shape index (κ1) is 12.7. The summed E-state index contributed by atoms with van der Waals surface area (Å²) in [6.45, 7) is 7.61. The van der Waals surface area contributed by atoms with Crippen molar-refractivity contribution in [1.29, 1.82) is 0 Å². The number of piperidine rings is 1. The zero-order valence-corrected chi connectivity index (χ0v) is 11.4. The maximum atomic E-state index is 12.2. The predicted octanol–water partition coefficient (Wildman–Crippen LogP) is 2.69. The smallest absolute Gasteiger partial charge is 0.195 e. The van der Waals surface area contributed by atoms with Crippen molar-refractivity contribution >= 4 is 17.1 Å². The minimum absolute atomic E-state index is 0.161. The third-order valence-corrected chi connectivity index (χ3v) is 3.93. The first-order valence-electron chi connectivity index (χ1n) is 6.33. The molecule has 3 nitrogen and oxygen atoms in total. The molecule has 0 radical (unpaired) electrons. The third kappa shape index (κ3) is 3.36. The number of rotatable bonds is 4. The monoisotopic (exact) mass is 252 g/mol. The molecule has 1 aromatic rings. The van der Waals surface area contributed by atoms with Crippen molar-refractivity contribution in [2.24, 2.45) is 11.8 Å². The molecule has 0 N–H and O–H groups in total. The van der Waals surface area contributed by atoms with Crippen molar-refractivity contribution in [3.8, 4) is 0 Å². The van der Waals surface area contributed by atoms with Crippen LogP contribution in [-0.4, -0.2) is 35.3 Å². The van der Waals surface area contributed by atoms with Crippen molar-refractivity contribution < 1.29 is 4.79 Å². The van der Waals surface area contributed by atoms with E-state index in [9.17, 15) is 4.79 Å². The molecule has 0 saturated carbocycles. The number of hydrogen-bond acceptors (Lipinski definition) is 4. The number of aromatic nitrogens is 1. The highest BCUT2D eigenvalue weighted by Crippen LogP contribution is 2.22. The highest BCUT2D eigenvalue weighted by molar-refractivity contribution is 7.11. The van der Waals surface area contributed by atoms with Gasteiger partial charge in [0.15, 0.2) is 10.8 Å². The van der Waals surface area contributed by atoms with E-state index in [0.29, 0.717) is 10.9 Å². The van der Waals surface area contributed by atoms with Crippen molar-refractivity contribution in [1.82, 2.24) is 9.88 Å². The predicted molar refractivity (Wildman–Crippen MR) is 70.4 cm³/mol. The maximum absolute atomic E-state index is 12.2. The van der Waals surface area contributed by atoms with Gasteiger partial charge < -0.3 is 4.90 Å². The van der Waals surface area contributed by atoms with Gasteiger partial charge in [0.25, 0.3) is 0 Å². The van der Waals surface area contributed by atoms with E-state index in [0.717, 1.165) is 32.5 Å². The highest BCUT2D eigenvalue weighted by Gasteiger charge is 2.27. The fourth-order valence-electron chi connectivity index (χ4n) is 2.47. The number of carbonyl (C=O) groups is 1. The molecule has 0 amide bonds. The van der Waals surface area contributed by atoms with Crippen LogP contribution in [0.15, 0.2) is 11.6 Å². The van der Waals surface area contributed by atoms with E-state index < -0.39 is 0 Å². The molecule has 0 aliphatic carbocycles. The lowest BCUT2D eigenvalue weighted by atomic mass is 9.93. The summed E-state index contributed by atoms with van der Waals surface area (Å²) in [5.41, 5.74) is 0. The number of nitrogens with zero attached hydrogens (tertiary/aromatic N) is 2. The van der Waals surface area contributed by atoms with E-state index in [1.807, 2.05) is 5.38 Å². The normalized spacial score (nSPS) is 21.9. The van der Waals surface area contributed by atoms with Gasteiger partial charge in [-0.05, 0) is 25.3 Å². The third-order valence-electron chi connectivity index (χ3n) is 3.14. The summed E-state index contributed by atoms with van der Waals surface area (Å²) in [5.74, 6) is 1.07. The Labute approximate surface area is 107 Å². The molecule has 1 atom stereocenters. The minimum atomic E-state index is 0.161. The molecule has 17 heavy (non-hydrogen) atoms. The van der Waals surface area contributed by atoms with Crippen molar-refractivity contribution in [3.05, 3.63) is 16.6 Å². The van der Waals surface area contributed by atoms with Crippen LogP contribution in [0.1, 0.15) is 36.5 Å². The van der Waals surface area contributed by atoms with Crippen molar-refractivity contribution in [2.75, 3.05) is 19.6 Å². The van der Waals surface area contributed by atoms with Gasteiger partial charge in [0.2, 0.25) is 0 Å². The minimum Gasteiger partial charge on any atom is -0.302 e. The average Bonchev–Trinajstić information content (AvgIpc) is 2.81. The number of Topliss-reactive ketones (excluding diaryl/α,β-unsaturated/α-hetero) is 1. The molecule has 2 rings (SSSR count). The van der Waals surface area contributed by atoms with Gasteiger partial charge in [-0.2, -0.15) is 0 Å². The average molecular weight is 252 g/mol. The van der Waals surface area contributed by atoms with E-state index >= 15 is 0 Å². The summed E-state index contributed by atoms with van der Waals surface area (Å²) in [4.78, 5) is 18.8. The molecule has 1 aromatic heterocycles. The number of likely N-dealkylation sites (tertiary alicyclic amines) is 1. The van der Waals surface area contributed by atoms with Crippen LogP contribution in [0, 0.1) is 11.8 Å². The van der Waals surface area contributed by atoms with Gasteiger partial charge in [0.1, 0.15) is 0 Å². The number of ketones is 1. The molecule has 4 heteroatoms. The Morgan fingerprint density at radius 1 is 1.65 bits per heavy atom. The lowest BCUT2D eigenvalue weighted by molar-refractivity contribution is 0.0806. The summed E-state index contributed by atoms with van der Waals surface area (Å²) in [6.07, 6.45) is 3.87. The Morgan fingerprint density at radius 3 is 3.12 bits per heavy atom. The zero-order valence-electron chi connectivity index (χ0n) is 10.6. The van der Waals surface area contributed by atoms with Crippen LogP contribution in [0.3, 0.4) is 0 Å². The standard InChI is InChI=1S/C13H20N2OS/c1-10(2)8-15-6-3-4-11(9-15)12(16)13-14-5-7-17-13/h5,7,10-11H,3-4,6,8-9H2,1-2H3/t11-/m0/s1. The SMILES string of the molecule is CC(C)CN1CCC[C@H](C(=O)c2nccs2)C1. The number of hydrogen-bond donors (Lipinski definition) is 0. The highest BCUT2D eigenvalue weighted by atomic mass is 32.1. The van der Waals surface area contributed by atoms with Gasteiger partial charge in [-0.25, -0.2) is 4.98 Å². The molecular weight excluding hydrogens is 232 g/mol. The van der Waals surface area contributed by atoms with Gasteiger partial charge in [-0.15, -0.1) is 11.3 Å². The van der Waals surface area contributed by atoms with E-state index in [4.69, 9.17) is 0 Å². The number of carbonyl (C=O) groups excluding carboxylic acids is 1. The Morgan fingerprint density at radius 2 is 2.47 bits per heavy atom. The van der Waals surface area contributed by atoms with Crippen LogP contribution in [0.4, 0.5) is 0 Å². The molecule has 1 saturated heterocycles. The molecule has 1 fully saturated rings. The van der Waals surface area contributed by atoms with Gasteiger partial charge >= 0.3 is 0 Å². The van der Waals surface area contributed by atoms with Crippen LogP contribution in [0.25, 0.3) is 0 Å². The van der Waals surface area contributed by atoms with Gasteiger partial charge in [-0.3, -0.25) is 4.79 Å². The molecule has 1 aliphatic rings. The quantitative estimate of drug-likeness (QED) is 0.772. The van der Waals surface area contributed by atoms with Crippen LogP contribution in [-0.2, 0) is 0 Å². The largest absolute Gasteiger partial charge is 0.302 e. The van der Waals surface area contributed by atoms with Crippen molar-refractivity contribution in [3.63, 3.8) is 0 Å². The Bertz CT molecular complexity index is 362. The molecule has 0 bridgehead atoms.